The molecule has 118 valence electrons. The third-order valence-corrected chi connectivity index (χ3v) is 3.94. The van der Waals surface area contributed by atoms with Crippen molar-refractivity contribution in [2.45, 2.75) is 6.92 Å². The number of hydrogen-bond donors (Lipinski definition) is 1. The molecule has 1 N–H and O–H groups in total. The van der Waals surface area contributed by atoms with E-state index in [0.717, 1.165) is 12.1 Å². The van der Waals surface area contributed by atoms with Gasteiger partial charge in [0.1, 0.15) is 28.6 Å². The van der Waals surface area contributed by atoms with Gasteiger partial charge in [-0.15, -0.1) is 11.3 Å². The van der Waals surface area contributed by atoms with Crippen LogP contribution in [0.25, 0.3) is 10.2 Å². The number of nitrogens with one attached hydrogen (secondary N) is 1. The van der Waals surface area contributed by atoms with Crippen LogP contribution in [0.1, 0.15) is 17.3 Å². The summed E-state index contributed by atoms with van der Waals surface area (Å²) in [4.78, 5) is 20.7. The van der Waals surface area contributed by atoms with E-state index < -0.39 is 17.6 Å². The van der Waals surface area contributed by atoms with Crippen molar-refractivity contribution in [3.05, 3.63) is 47.1 Å². The summed E-state index contributed by atoms with van der Waals surface area (Å²) in [6.45, 7) is 1.94. The molecule has 0 saturated carbocycles. The number of hydrogen-bond acceptors (Lipinski definition) is 6. The lowest BCUT2D eigenvalue weighted by Gasteiger charge is -2.09. The topological polar surface area (TPSA) is 64.1 Å². The van der Waals surface area contributed by atoms with Gasteiger partial charge in [0.05, 0.1) is 23.2 Å². The van der Waals surface area contributed by atoms with Crippen molar-refractivity contribution < 1.29 is 18.3 Å². The monoisotopic (exact) mass is 335 g/mol. The van der Waals surface area contributed by atoms with Crippen LogP contribution in [0.15, 0.2) is 29.9 Å². The summed E-state index contributed by atoms with van der Waals surface area (Å²) in [5.41, 5.74) is 0.352. The van der Waals surface area contributed by atoms with E-state index >= 15 is 0 Å². The molecule has 5 nitrogen and oxygen atoms in total. The molecular weight excluding hydrogens is 324 g/mol. The molecule has 2 heterocycles. The van der Waals surface area contributed by atoms with Gasteiger partial charge in [0.15, 0.2) is 0 Å². The zero-order chi connectivity index (χ0) is 16.4. The first-order valence-corrected chi connectivity index (χ1v) is 7.59. The van der Waals surface area contributed by atoms with Gasteiger partial charge in [0.25, 0.3) is 0 Å². The molecule has 3 rings (SSSR count). The van der Waals surface area contributed by atoms with Crippen molar-refractivity contribution in [1.82, 2.24) is 9.97 Å². The van der Waals surface area contributed by atoms with Crippen LogP contribution >= 0.6 is 11.3 Å². The maximum atomic E-state index is 13.8. The molecule has 0 amide bonds. The average Bonchev–Trinajstić information content (AvgIpc) is 2.95. The van der Waals surface area contributed by atoms with Gasteiger partial charge in [-0.25, -0.2) is 23.5 Å². The Morgan fingerprint density at radius 1 is 1.35 bits per heavy atom. The van der Waals surface area contributed by atoms with Gasteiger partial charge in [0.2, 0.25) is 0 Å². The predicted octanol–water partition coefficient (Wildman–Crippen LogP) is 3.89. The van der Waals surface area contributed by atoms with Crippen LogP contribution in [0, 0.1) is 11.6 Å². The lowest BCUT2D eigenvalue weighted by atomic mass is 10.2. The predicted molar refractivity (Wildman–Crippen MR) is 83.0 cm³/mol. The van der Waals surface area contributed by atoms with E-state index in [9.17, 15) is 13.6 Å². The number of fused-ring (bicyclic) bond motifs is 1. The molecule has 0 fully saturated rings. The smallest absolute Gasteiger partial charge is 0.339 e. The molecule has 1 aromatic carbocycles. The number of carbonyl (C=O) groups is 1. The van der Waals surface area contributed by atoms with Gasteiger partial charge in [-0.1, -0.05) is 0 Å². The summed E-state index contributed by atoms with van der Waals surface area (Å²) in [7, 11) is 0. The largest absolute Gasteiger partial charge is 0.462 e. The fourth-order valence-electron chi connectivity index (χ4n) is 2.05. The van der Waals surface area contributed by atoms with Crippen LogP contribution in [0.4, 0.5) is 20.3 Å². The van der Waals surface area contributed by atoms with Crippen LogP contribution in [0.2, 0.25) is 0 Å². The SMILES string of the molecule is CCOC(=O)c1csc2ncnc(Nc3ccc(F)cc3F)c12. The summed E-state index contributed by atoms with van der Waals surface area (Å²) in [5, 5.41) is 4.83. The standard InChI is InChI=1S/C15H11F2N3O2S/c1-2-22-15(21)9-6-23-14-12(9)13(18-7-19-14)20-11-4-3-8(16)5-10(11)17/h3-7H,2H2,1H3,(H,18,19,20). The fourth-order valence-corrected chi connectivity index (χ4v) is 2.92. The third-order valence-electron chi connectivity index (χ3n) is 3.05. The lowest BCUT2D eigenvalue weighted by Crippen LogP contribution is -2.05. The van der Waals surface area contributed by atoms with Crippen molar-refractivity contribution in [2.75, 3.05) is 11.9 Å². The highest BCUT2D eigenvalue weighted by Gasteiger charge is 2.19. The van der Waals surface area contributed by atoms with Crippen molar-refractivity contribution in [3.63, 3.8) is 0 Å². The van der Waals surface area contributed by atoms with E-state index in [2.05, 4.69) is 15.3 Å². The number of rotatable bonds is 4. The first-order chi connectivity index (χ1) is 11.1. The lowest BCUT2D eigenvalue weighted by molar-refractivity contribution is 0.0529. The molecule has 0 bridgehead atoms. The third kappa shape index (κ3) is 2.98. The van der Waals surface area contributed by atoms with Crippen molar-refractivity contribution in [1.29, 1.82) is 0 Å². The quantitative estimate of drug-likeness (QED) is 0.733. The molecule has 2 aromatic heterocycles. The van der Waals surface area contributed by atoms with E-state index in [1.165, 1.54) is 23.7 Å². The number of ether oxygens (including phenoxy) is 1. The van der Waals surface area contributed by atoms with Gasteiger partial charge in [0, 0.05) is 11.4 Å². The molecule has 0 aliphatic heterocycles. The Morgan fingerprint density at radius 3 is 2.91 bits per heavy atom. The average molecular weight is 335 g/mol. The number of thiophene rings is 1. The van der Waals surface area contributed by atoms with E-state index in [1.807, 2.05) is 0 Å². The van der Waals surface area contributed by atoms with Crippen molar-refractivity contribution >= 4 is 39.0 Å². The van der Waals surface area contributed by atoms with Gasteiger partial charge < -0.3 is 10.1 Å². The molecule has 0 aliphatic carbocycles. The van der Waals surface area contributed by atoms with E-state index in [0.29, 0.717) is 15.8 Å². The second-order valence-corrected chi connectivity index (χ2v) is 5.38. The highest BCUT2D eigenvalue weighted by atomic mass is 32.1. The van der Waals surface area contributed by atoms with Crippen LogP contribution in [0.5, 0.6) is 0 Å². The zero-order valence-electron chi connectivity index (χ0n) is 12.0. The number of anilines is 2. The van der Waals surface area contributed by atoms with Crippen LogP contribution < -0.4 is 5.32 Å². The fraction of sp³-hybridized carbons (Fsp3) is 0.133. The molecule has 0 aliphatic rings. The van der Waals surface area contributed by atoms with Crippen LogP contribution in [0.3, 0.4) is 0 Å². The number of halogens is 2. The Bertz CT molecular complexity index is 882. The number of nitrogens with zero attached hydrogens (tertiary/aromatic N) is 2. The summed E-state index contributed by atoms with van der Waals surface area (Å²) >= 11 is 1.25. The van der Waals surface area contributed by atoms with Gasteiger partial charge in [-0.2, -0.15) is 0 Å². The maximum absolute atomic E-state index is 13.8. The summed E-state index contributed by atoms with van der Waals surface area (Å²) in [6.07, 6.45) is 1.30. The second-order valence-electron chi connectivity index (χ2n) is 4.52. The highest BCUT2D eigenvalue weighted by Crippen LogP contribution is 2.32. The van der Waals surface area contributed by atoms with E-state index in [-0.39, 0.29) is 18.1 Å². The second kappa shape index (κ2) is 6.25. The molecule has 8 heteroatoms. The number of esters is 1. The minimum atomic E-state index is -0.760. The first-order valence-electron chi connectivity index (χ1n) is 6.71. The molecule has 0 saturated heterocycles. The Balaban J connectivity index is 2.06. The minimum absolute atomic E-state index is 0.0485. The molecular formula is C15H11F2N3O2S. The molecule has 0 atom stereocenters. The zero-order valence-corrected chi connectivity index (χ0v) is 12.8. The highest BCUT2D eigenvalue weighted by molar-refractivity contribution is 7.17. The number of benzene rings is 1. The number of carbonyl (C=O) groups excluding carboxylic acids is 1. The Kier molecular flexibility index (Phi) is 4.16. The first kappa shape index (κ1) is 15.3. The summed E-state index contributed by atoms with van der Waals surface area (Å²) in [5.74, 6) is -1.69. The summed E-state index contributed by atoms with van der Waals surface area (Å²) < 4.78 is 31.8. The Hall–Kier alpha value is -2.61. The van der Waals surface area contributed by atoms with E-state index in [4.69, 9.17) is 4.74 Å². The Morgan fingerprint density at radius 2 is 2.17 bits per heavy atom. The molecule has 0 radical (unpaired) electrons. The maximum Gasteiger partial charge on any atom is 0.339 e. The van der Waals surface area contributed by atoms with Crippen LogP contribution in [-0.2, 0) is 4.74 Å². The van der Waals surface area contributed by atoms with Gasteiger partial charge >= 0.3 is 5.97 Å². The molecule has 3 aromatic rings. The normalized spacial score (nSPS) is 10.7. The van der Waals surface area contributed by atoms with Crippen molar-refractivity contribution in [2.24, 2.45) is 0 Å². The molecule has 0 spiro atoms. The van der Waals surface area contributed by atoms with Gasteiger partial charge in [-0.05, 0) is 19.1 Å². The molecule has 0 unspecified atom stereocenters. The van der Waals surface area contributed by atoms with Crippen molar-refractivity contribution in [3.8, 4) is 0 Å². The van der Waals surface area contributed by atoms with Crippen LogP contribution in [-0.4, -0.2) is 22.5 Å². The number of aromatic nitrogens is 2. The molecule has 23 heavy (non-hydrogen) atoms. The summed E-state index contributed by atoms with van der Waals surface area (Å²) in [6, 6.07) is 3.15. The van der Waals surface area contributed by atoms with E-state index in [1.54, 1.807) is 12.3 Å². The minimum Gasteiger partial charge on any atom is -0.462 e. The van der Waals surface area contributed by atoms with Gasteiger partial charge in [-0.3, -0.25) is 0 Å². The Labute approximate surface area is 134 Å².